The van der Waals surface area contributed by atoms with Crippen LogP contribution in [0.5, 0.6) is 17.2 Å². The minimum Gasteiger partial charge on any atom is -0.487 e. The van der Waals surface area contributed by atoms with Crippen LogP contribution in [0.4, 0.5) is 5.69 Å². The Morgan fingerprint density at radius 1 is 0.812 bits per heavy atom. The molecule has 32 heavy (non-hydrogen) atoms. The van der Waals surface area contributed by atoms with E-state index in [1.807, 2.05) is 65.6 Å². The van der Waals surface area contributed by atoms with E-state index in [0.29, 0.717) is 26.1 Å². The molecular formula is C26H24N2O4. The van der Waals surface area contributed by atoms with Crippen LogP contribution in [0.25, 0.3) is 0 Å². The first-order valence-electron chi connectivity index (χ1n) is 11.0. The molecule has 0 saturated carbocycles. The Bertz CT molecular complexity index is 1150. The van der Waals surface area contributed by atoms with Gasteiger partial charge in [-0.3, -0.25) is 9.69 Å². The number of anilines is 1. The zero-order chi connectivity index (χ0) is 21.5. The minimum absolute atomic E-state index is 0.0158. The fourth-order valence-electron chi connectivity index (χ4n) is 4.84. The highest BCUT2D eigenvalue weighted by molar-refractivity contribution is 5.99. The summed E-state index contributed by atoms with van der Waals surface area (Å²) in [6, 6.07) is 23.7. The Morgan fingerprint density at radius 3 is 2.53 bits per heavy atom. The average Bonchev–Trinajstić information content (AvgIpc) is 3.45. The van der Waals surface area contributed by atoms with Gasteiger partial charge in [-0.25, -0.2) is 0 Å². The van der Waals surface area contributed by atoms with Gasteiger partial charge in [-0.1, -0.05) is 48.5 Å². The molecular weight excluding hydrogens is 404 g/mol. The van der Waals surface area contributed by atoms with Gasteiger partial charge >= 0.3 is 0 Å². The number of rotatable bonds is 4. The molecule has 0 unspecified atom stereocenters. The Kier molecular flexibility index (Phi) is 4.72. The van der Waals surface area contributed by atoms with Gasteiger partial charge in [-0.05, 0) is 35.4 Å². The molecule has 162 valence electrons. The van der Waals surface area contributed by atoms with E-state index in [9.17, 15) is 4.79 Å². The first kappa shape index (κ1) is 19.2. The molecule has 0 aromatic heterocycles. The number of carbonyl (C=O) groups is 1. The van der Waals surface area contributed by atoms with Crippen molar-refractivity contribution in [3.8, 4) is 17.2 Å². The Hall–Kier alpha value is -3.51. The number of carbonyl (C=O) groups excluding carboxylic acids is 1. The molecule has 3 heterocycles. The topological polar surface area (TPSA) is 51.2 Å². The number of hydrogen-bond donors (Lipinski definition) is 0. The van der Waals surface area contributed by atoms with Crippen molar-refractivity contribution < 1.29 is 19.0 Å². The molecule has 6 heteroatoms. The molecule has 6 rings (SSSR count). The molecule has 1 fully saturated rings. The standard InChI is InChI=1S/C26H24N2O4/c29-26-22-13-20(16-27(22)14-19-10-11-24-25(12-19)31-17-30-24)32-23-9-5-4-8-21(23)28(26)15-18-6-2-1-3-7-18/h1-12,20,22H,13-17H2/t20-,22-/m0/s1. The number of hydrogen-bond acceptors (Lipinski definition) is 5. The molecule has 3 aliphatic heterocycles. The third-order valence-electron chi connectivity index (χ3n) is 6.37. The molecule has 3 aliphatic rings. The summed E-state index contributed by atoms with van der Waals surface area (Å²) < 4.78 is 17.4. The third-order valence-corrected chi connectivity index (χ3v) is 6.37. The van der Waals surface area contributed by atoms with Gasteiger partial charge in [0, 0.05) is 19.5 Å². The summed E-state index contributed by atoms with van der Waals surface area (Å²) in [5.41, 5.74) is 3.02. The van der Waals surface area contributed by atoms with E-state index in [-0.39, 0.29) is 24.8 Å². The second kappa shape index (κ2) is 7.88. The lowest BCUT2D eigenvalue weighted by Gasteiger charge is -2.32. The van der Waals surface area contributed by atoms with Crippen molar-refractivity contribution in [1.82, 2.24) is 4.90 Å². The van der Waals surface area contributed by atoms with Crippen LogP contribution in [0.3, 0.4) is 0 Å². The first-order chi connectivity index (χ1) is 15.7. The van der Waals surface area contributed by atoms with Gasteiger partial charge in [-0.2, -0.15) is 0 Å². The van der Waals surface area contributed by atoms with Crippen LogP contribution in [0, 0.1) is 0 Å². The average molecular weight is 428 g/mol. The van der Waals surface area contributed by atoms with Gasteiger partial charge < -0.3 is 19.1 Å². The Labute approximate surface area is 186 Å². The van der Waals surface area contributed by atoms with Crippen LogP contribution in [0.1, 0.15) is 17.5 Å². The summed E-state index contributed by atoms with van der Waals surface area (Å²) in [6.07, 6.45) is 0.668. The van der Waals surface area contributed by atoms with Crippen molar-refractivity contribution in [2.45, 2.75) is 31.7 Å². The lowest BCUT2D eigenvalue weighted by molar-refractivity contribution is -0.123. The van der Waals surface area contributed by atoms with Gasteiger partial charge in [0.05, 0.1) is 18.3 Å². The van der Waals surface area contributed by atoms with Gasteiger partial charge in [0.1, 0.15) is 11.9 Å². The molecule has 2 atom stereocenters. The molecule has 3 aromatic carbocycles. The number of benzene rings is 3. The molecule has 6 nitrogen and oxygen atoms in total. The van der Waals surface area contributed by atoms with Crippen LogP contribution in [0.15, 0.2) is 72.8 Å². The largest absolute Gasteiger partial charge is 0.487 e. The highest BCUT2D eigenvalue weighted by Gasteiger charge is 2.42. The van der Waals surface area contributed by atoms with Crippen LogP contribution in [-0.4, -0.2) is 36.3 Å². The van der Waals surface area contributed by atoms with Gasteiger partial charge in [-0.15, -0.1) is 0 Å². The fourth-order valence-corrected chi connectivity index (χ4v) is 4.84. The number of fused-ring (bicyclic) bond motifs is 4. The number of ether oxygens (including phenoxy) is 3. The third kappa shape index (κ3) is 3.46. The fraction of sp³-hybridized carbons (Fsp3) is 0.269. The van der Waals surface area contributed by atoms with E-state index in [1.165, 1.54) is 0 Å². The van der Waals surface area contributed by atoms with Gasteiger partial charge in [0.25, 0.3) is 0 Å². The molecule has 0 aliphatic carbocycles. The zero-order valence-corrected chi connectivity index (χ0v) is 17.6. The lowest BCUT2D eigenvalue weighted by Crippen LogP contribution is -2.45. The van der Waals surface area contributed by atoms with Crippen molar-refractivity contribution in [2.24, 2.45) is 0 Å². The number of amides is 1. The molecule has 3 aromatic rings. The second-order valence-corrected chi connectivity index (χ2v) is 8.49. The van der Waals surface area contributed by atoms with Crippen molar-refractivity contribution in [3.05, 3.63) is 83.9 Å². The lowest BCUT2D eigenvalue weighted by atomic mass is 10.1. The normalized spacial score (nSPS) is 21.6. The van der Waals surface area contributed by atoms with Crippen molar-refractivity contribution in [2.75, 3.05) is 18.2 Å². The van der Waals surface area contributed by atoms with Crippen molar-refractivity contribution >= 4 is 11.6 Å². The zero-order valence-electron chi connectivity index (χ0n) is 17.6. The van der Waals surface area contributed by atoms with Gasteiger partial charge in [0.15, 0.2) is 11.5 Å². The number of likely N-dealkylation sites (tertiary alicyclic amines) is 1. The maximum Gasteiger partial charge on any atom is 0.244 e. The Balaban J connectivity index is 1.32. The minimum atomic E-state index is -0.234. The first-order valence-corrected chi connectivity index (χ1v) is 11.0. The van der Waals surface area contributed by atoms with E-state index in [4.69, 9.17) is 14.2 Å². The maximum absolute atomic E-state index is 13.9. The van der Waals surface area contributed by atoms with E-state index >= 15 is 0 Å². The molecule has 0 N–H and O–H groups in total. The molecule has 0 spiro atoms. The van der Waals surface area contributed by atoms with E-state index in [2.05, 4.69) is 17.0 Å². The summed E-state index contributed by atoms with van der Waals surface area (Å²) in [5.74, 6) is 2.42. The summed E-state index contributed by atoms with van der Waals surface area (Å²) in [7, 11) is 0. The number of nitrogens with zero attached hydrogens (tertiary/aromatic N) is 2. The van der Waals surface area contributed by atoms with Crippen molar-refractivity contribution in [3.63, 3.8) is 0 Å². The smallest absolute Gasteiger partial charge is 0.244 e. The predicted octanol–water partition coefficient (Wildman–Crippen LogP) is 3.98. The second-order valence-electron chi connectivity index (χ2n) is 8.49. The highest BCUT2D eigenvalue weighted by atomic mass is 16.7. The SMILES string of the molecule is O=C1[C@@H]2C[C@@H](CN2Cc2ccc3c(c2)OCO3)Oc2ccccc2N1Cc1ccccc1. The monoisotopic (exact) mass is 428 g/mol. The van der Waals surface area contributed by atoms with Gasteiger partial charge in [0.2, 0.25) is 12.7 Å². The van der Waals surface area contributed by atoms with E-state index in [1.54, 1.807) is 0 Å². The predicted molar refractivity (Wildman–Crippen MR) is 120 cm³/mol. The highest BCUT2D eigenvalue weighted by Crippen LogP contribution is 2.38. The molecule has 1 amide bonds. The molecule has 0 radical (unpaired) electrons. The summed E-state index contributed by atoms with van der Waals surface area (Å²) in [6.45, 7) is 2.13. The van der Waals surface area contributed by atoms with Crippen LogP contribution >= 0.6 is 0 Å². The maximum atomic E-state index is 13.9. The van der Waals surface area contributed by atoms with Crippen molar-refractivity contribution in [1.29, 1.82) is 0 Å². The molecule has 1 saturated heterocycles. The summed E-state index contributed by atoms with van der Waals surface area (Å²) >= 11 is 0. The quantitative estimate of drug-likeness (QED) is 0.629. The van der Waals surface area contributed by atoms with Crippen LogP contribution in [-0.2, 0) is 17.9 Å². The summed E-state index contributed by atoms with van der Waals surface area (Å²) in [4.78, 5) is 18.0. The van der Waals surface area contributed by atoms with E-state index in [0.717, 1.165) is 34.1 Å². The number of para-hydroxylation sites is 2. The Morgan fingerprint density at radius 2 is 1.62 bits per heavy atom. The van der Waals surface area contributed by atoms with Crippen LogP contribution in [0.2, 0.25) is 0 Å². The summed E-state index contributed by atoms with van der Waals surface area (Å²) in [5, 5.41) is 0. The van der Waals surface area contributed by atoms with E-state index < -0.39 is 0 Å². The van der Waals surface area contributed by atoms with Crippen LogP contribution < -0.4 is 19.1 Å². The molecule has 2 bridgehead atoms.